The molecule has 0 heterocycles. The van der Waals surface area contributed by atoms with Crippen LogP contribution in [0.1, 0.15) is 49.7 Å². The van der Waals surface area contributed by atoms with Gasteiger partial charge in [-0.25, -0.2) is 0 Å². The first-order valence-electron chi connectivity index (χ1n) is 6.73. The Balaban J connectivity index is 1.92. The molecule has 1 aromatic carbocycles. The molecule has 0 unspecified atom stereocenters. The molecule has 2 aliphatic rings. The molecule has 16 heavy (non-hydrogen) atoms. The van der Waals surface area contributed by atoms with Crippen LogP contribution in [0.3, 0.4) is 0 Å². The molecule has 0 saturated heterocycles. The van der Waals surface area contributed by atoms with E-state index in [0.717, 1.165) is 5.92 Å². The van der Waals surface area contributed by atoms with Crippen molar-refractivity contribution in [2.75, 3.05) is 0 Å². The van der Waals surface area contributed by atoms with Crippen LogP contribution in [-0.2, 0) is 6.42 Å². The number of hydrogen-bond acceptors (Lipinski definition) is 0. The summed E-state index contributed by atoms with van der Waals surface area (Å²) in [5.74, 6) is 0.857. The summed E-state index contributed by atoms with van der Waals surface area (Å²) >= 11 is 0. The highest BCUT2D eigenvalue weighted by Crippen LogP contribution is 2.39. The highest BCUT2D eigenvalue weighted by Gasteiger charge is 2.22. The molecule has 1 aromatic rings. The maximum absolute atomic E-state index is 2.51. The van der Waals surface area contributed by atoms with Gasteiger partial charge in [-0.3, -0.25) is 0 Å². The van der Waals surface area contributed by atoms with Crippen molar-refractivity contribution in [2.45, 2.75) is 44.9 Å². The van der Waals surface area contributed by atoms with E-state index in [9.17, 15) is 0 Å². The van der Waals surface area contributed by atoms with E-state index in [1.807, 2.05) is 0 Å². The number of fused-ring (bicyclic) bond motifs is 1. The fourth-order valence-corrected chi connectivity index (χ4v) is 3.31. The van der Waals surface area contributed by atoms with Gasteiger partial charge in [0.1, 0.15) is 0 Å². The number of aryl methyl sites for hydroxylation is 1. The minimum Gasteiger partial charge on any atom is -0.0801 e. The van der Waals surface area contributed by atoms with E-state index in [0.29, 0.717) is 0 Å². The van der Waals surface area contributed by atoms with Gasteiger partial charge in [0.25, 0.3) is 0 Å². The van der Waals surface area contributed by atoms with E-state index in [1.54, 1.807) is 16.7 Å². The molecule has 0 nitrogen and oxygen atoms in total. The van der Waals surface area contributed by atoms with Crippen LogP contribution < -0.4 is 0 Å². The standard InChI is InChI=1S/C16H20/c1-2-7-13(8-3-1)16-12-6-10-14-9-4-5-11-15(14)16/h4-5,9,11-13H,1-3,6-8,10H2. The maximum atomic E-state index is 2.51. The Labute approximate surface area is 98.4 Å². The van der Waals surface area contributed by atoms with Gasteiger partial charge in [-0.2, -0.15) is 0 Å². The van der Waals surface area contributed by atoms with Crippen molar-refractivity contribution in [2.24, 2.45) is 5.92 Å². The lowest BCUT2D eigenvalue weighted by atomic mass is 9.77. The quantitative estimate of drug-likeness (QED) is 0.638. The molecule has 1 saturated carbocycles. The Hall–Kier alpha value is -1.04. The third-order valence-corrected chi connectivity index (χ3v) is 4.15. The largest absolute Gasteiger partial charge is 0.0801 e. The summed E-state index contributed by atoms with van der Waals surface area (Å²) in [7, 11) is 0. The van der Waals surface area contributed by atoms with Crippen LogP contribution in [0.5, 0.6) is 0 Å². The SMILES string of the molecule is C1=C(C2CCCCC2)c2ccccc2CC1. The van der Waals surface area contributed by atoms with E-state index in [2.05, 4.69) is 30.3 Å². The molecule has 0 radical (unpaired) electrons. The molecule has 3 rings (SSSR count). The molecule has 84 valence electrons. The first-order chi connectivity index (χ1) is 7.95. The highest BCUT2D eigenvalue weighted by molar-refractivity contribution is 5.71. The maximum Gasteiger partial charge on any atom is -0.0159 e. The van der Waals surface area contributed by atoms with Crippen LogP contribution in [0.2, 0.25) is 0 Å². The zero-order chi connectivity index (χ0) is 10.8. The van der Waals surface area contributed by atoms with Crippen molar-refractivity contribution in [3.63, 3.8) is 0 Å². The van der Waals surface area contributed by atoms with Gasteiger partial charge >= 0.3 is 0 Å². The Kier molecular flexibility index (Phi) is 2.82. The topological polar surface area (TPSA) is 0 Å². The van der Waals surface area contributed by atoms with E-state index in [-0.39, 0.29) is 0 Å². The monoisotopic (exact) mass is 212 g/mol. The van der Waals surface area contributed by atoms with E-state index in [1.165, 1.54) is 44.9 Å². The lowest BCUT2D eigenvalue weighted by Gasteiger charge is -2.28. The van der Waals surface area contributed by atoms with Gasteiger partial charge in [-0.15, -0.1) is 0 Å². The molecule has 0 N–H and O–H groups in total. The van der Waals surface area contributed by atoms with Crippen molar-refractivity contribution < 1.29 is 0 Å². The molecule has 0 heteroatoms. The van der Waals surface area contributed by atoms with Crippen molar-refractivity contribution >= 4 is 5.57 Å². The van der Waals surface area contributed by atoms with Gasteiger partial charge < -0.3 is 0 Å². The van der Waals surface area contributed by atoms with Gasteiger partial charge in [0.05, 0.1) is 0 Å². The van der Waals surface area contributed by atoms with Crippen LogP contribution in [0.25, 0.3) is 5.57 Å². The smallest absolute Gasteiger partial charge is 0.0159 e. The fraction of sp³-hybridized carbons (Fsp3) is 0.500. The molecule has 0 atom stereocenters. The van der Waals surface area contributed by atoms with Gasteiger partial charge in [0.15, 0.2) is 0 Å². The van der Waals surface area contributed by atoms with Gasteiger partial charge in [0.2, 0.25) is 0 Å². The normalized spacial score (nSPS) is 21.4. The summed E-state index contributed by atoms with van der Waals surface area (Å²) in [5, 5.41) is 0. The van der Waals surface area contributed by atoms with Crippen molar-refractivity contribution in [1.82, 2.24) is 0 Å². The number of hydrogen-bond donors (Lipinski definition) is 0. The lowest BCUT2D eigenvalue weighted by Crippen LogP contribution is -2.12. The van der Waals surface area contributed by atoms with Crippen LogP contribution in [-0.4, -0.2) is 0 Å². The predicted octanol–water partition coefficient (Wildman–Crippen LogP) is 4.60. The second-order valence-electron chi connectivity index (χ2n) is 5.19. The first kappa shape index (κ1) is 10.1. The molecule has 1 fully saturated rings. The third-order valence-electron chi connectivity index (χ3n) is 4.15. The summed E-state index contributed by atoms with van der Waals surface area (Å²) in [5.41, 5.74) is 4.80. The molecule has 2 aliphatic carbocycles. The molecule has 0 aromatic heterocycles. The zero-order valence-electron chi connectivity index (χ0n) is 9.91. The Morgan fingerprint density at radius 2 is 1.75 bits per heavy atom. The van der Waals surface area contributed by atoms with E-state index in [4.69, 9.17) is 0 Å². The summed E-state index contributed by atoms with van der Waals surface area (Å²) in [6.07, 6.45) is 12.2. The predicted molar refractivity (Wildman–Crippen MR) is 69.3 cm³/mol. The van der Waals surface area contributed by atoms with Crippen LogP contribution in [0, 0.1) is 5.92 Å². The number of allylic oxidation sites excluding steroid dienone is 2. The molecular formula is C16H20. The summed E-state index contributed by atoms with van der Waals surface area (Å²) in [6.45, 7) is 0. The van der Waals surface area contributed by atoms with E-state index < -0.39 is 0 Å². The summed E-state index contributed by atoms with van der Waals surface area (Å²) in [4.78, 5) is 0. The first-order valence-corrected chi connectivity index (χ1v) is 6.73. The highest BCUT2D eigenvalue weighted by atomic mass is 14.3. The molecule has 0 bridgehead atoms. The van der Waals surface area contributed by atoms with Crippen molar-refractivity contribution in [3.8, 4) is 0 Å². The van der Waals surface area contributed by atoms with E-state index >= 15 is 0 Å². The van der Waals surface area contributed by atoms with Gasteiger partial charge in [0, 0.05) is 0 Å². The van der Waals surface area contributed by atoms with Crippen molar-refractivity contribution in [1.29, 1.82) is 0 Å². The minimum absolute atomic E-state index is 0.857. The van der Waals surface area contributed by atoms with Gasteiger partial charge in [-0.1, -0.05) is 49.6 Å². The van der Waals surface area contributed by atoms with Crippen LogP contribution in [0.4, 0.5) is 0 Å². The third kappa shape index (κ3) is 1.81. The van der Waals surface area contributed by atoms with Crippen LogP contribution in [0.15, 0.2) is 30.3 Å². The van der Waals surface area contributed by atoms with Crippen molar-refractivity contribution in [3.05, 3.63) is 41.5 Å². The molecular weight excluding hydrogens is 192 g/mol. The number of rotatable bonds is 1. The molecule has 0 aliphatic heterocycles. The summed E-state index contributed by atoms with van der Waals surface area (Å²) in [6, 6.07) is 9.02. The van der Waals surface area contributed by atoms with Gasteiger partial charge in [-0.05, 0) is 48.3 Å². The molecule has 0 amide bonds. The Morgan fingerprint density at radius 1 is 0.938 bits per heavy atom. The summed E-state index contributed by atoms with van der Waals surface area (Å²) < 4.78 is 0. The molecule has 0 spiro atoms. The zero-order valence-corrected chi connectivity index (χ0v) is 9.91. The Morgan fingerprint density at radius 3 is 2.62 bits per heavy atom. The number of benzene rings is 1. The average molecular weight is 212 g/mol. The second kappa shape index (κ2) is 4.45. The lowest BCUT2D eigenvalue weighted by molar-refractivity contribution is 0.428. The fourth-order valence-electron chi connectivity index (χ4n) is 3.31. The minimum atomic E-state index is 0.857. The van der Waals surface area contributed by atoms with Crippen LogP contribution >= 0.6 is 0 Å². The second-order valence-corrected chi connectivity index (χ2v) is 5.19. The average Bonchev–Trinajstić information content (AvgIpc) is 2.39. The Bertz CT molecular complexity index is 394.